The third-order valence-corrected chi connectivity index (χ3v) is 3.53. The highest BCUT2D eigenvalue weighted by atomic mass is 35.5. The Labute approximate surface area is 116 Å². The van der Waals surface area contributed by atoms with Crippen molar-refractivity contribution < 1.29 is 13.9 Å². The van der Waals surface area contributed by atoms with Crippen LogP contribution >= 0.6 is 22.9 Å². The lowest BCUT2D eigenvalue weighted by molar-refractivity contribution is 0.111. The smallest absolute Gasteiger partial charge is 0.250 e. The molecule has 0 atom stereocenters. The fraction of sp³-hybridized carbons (Fsp3) is 0. The lowest BCUT2D eigenvalue weighted by Gasteiger charge is -2.05. The number of ether oxygens (including phenoxy) is 1. The van der Waals surface area contributed by atoms with Gasteiger partial charge in [0.1, 0.15) is 11.6 Å². The number of aromatic nitrogens is 2. The first-order valence-corrected chi connectivity index (χ1v) is 6.48. The zero-order chi connectivity index (χ0) is 13.4. The zero-order valence-electron chi connectivity index (χ0n) is 9.34. The van der Waals surface area contributed by atoms with Crippen LogP contribution in [0.2, 0.25) is 5.02 Å². The number of carbonyl (C=O) groups excluding carboxylic acids is 1. The summed E-state index contributed by atoms with van der Waals surface area (Å²) in [6.45, 7) is 0. The molecule has 96 valence electrons. The van der Waals surface area contributed by atoms with Crippen LogP contribution in [0, 0.1) is 5.82 Å². The van der Waals surface area contributed by atoms with Crippen molar-refractivity contribution in [3.63, 3.8) is 0 Å². The van der Waals surface area contributed by atoms with Crippen LogP contribution in [-0.4, -0.2) is 15.7 Å². The van der Waals surface area contributed by atoms with Gasteiger partial charge >= 0.3 is 0 Å². The van der Waals surface area contributed by atoms with Crippen molar-refractivity contribution >= 4 is 34.2 Å². The molecular weight excluding hydrogens is 291 g/mol. The Hall–Kier alpha value is -1.92. The summed E-state index contributed by atoms with van der Waals surface area (Å²) in [5, 5.41) is 1.93. The van der Waals surface area contributed by atoms with Gasteiger partial charge in [0, 0.05) is 11.6 Å². The topological polar surface area (TPSA) is 43.6 Å². The van der Waals surface area contributed by atoms with Gasteiger partial charge in [-0.25, -0.2) is 4.39 Å². The van der Waals surface area contributed by atoms with Crippen LogP contribution in [-0.2, 0) is 0 Å². The SMILES string of the molecule is O=Cc1c(Oc2ccc(F)cc2Cl)nc2sccn12. The van der Waals surface area contributed by atoms with Crippen molar-refractivity contribution in [1.82, 2.24) is 9.38 Å². The molecule has 0 aliphatic carbocycles. The van der Waals surface area contributed by atoms with Gasteiger partial charge in [-0.05, 0) is 18.2 Å². The molecule has 3 aromatic rings. The van der Waals surface area contributed by atoms with E-state index in [9.17, 15) is 9.18 Å². The van der Waals surface area contributed by atoms with Crippen LogP contribution in [0.25, 0.3) is 4.96 Å². The highest BCUT2D eigenvalue weighted by Gasteiger charge is 2.15. The van der Waals surface area contributed by atoms with E-state index in [1.807, 2.05) is 5.38 Å². The van der Waals surface area contributed by atoms with Gasteiger partial charge in [0.15, 0.2) is 16.9 Å². The number of carbonyl (C=O) groups is 1. The molecule has 19 heavy (non-hydrogen) atoms. The summed E-state index contributed by atoms with van der Waals surface area (Å²) in [7, 11) is 0. The maximum absolute atomic E-state index is 12.9. The summed E-state index contributed by atoms with van der Waals surface area (Å²) >= 11 is 7.24. The number of aldehydes is 1. The Morgan fingerprint density at radius 2 is 2.32 bits per heavy atom. The second-order valence-electron chi connectivity index (χ2n) is 3.65. The molecule has 0 fully saturated rings. The van der Waals surface area contributed by atoms with E-state index in [0.717, 1.165) is 6.07 Å². The molecule has 0 saturated carbocycles. The first-order valence-electron chi connectivity index (χ1n) is 5.22. The molecule has 3 rings (SSSR count). The monoisotopic (exact) mass is 296 g/mol. The van der Waals surface area contributed by atoms with Crippen molar-refractivity contribution in [2.45, 2.75) is 0 Å². The lowest BCUT2D eigenvalue weighted by atomic mass is 10.3. The molecule has 1 aromatic carbocycles. The van der Waals surface area contributed by atoms with E-state index >= 15 is 0 Å². The Kier molecular flexibility index (Phi) is 2.96. The highest BCUT2D eigenvalue weighted by Crippen LogP contribution is 2.31. The molecule has 0 saturated heterocycles. The summed E-state index contributed by atoms with van der Waals surface area (Å²) in [5.41, 5.74) is 0.289. The van der Waals surface area contributed by atoms with E-state index in [1.54, 1.807) is 10.6 Å². The number of hydrogen-bond acceptors (Lipinski definition) is 4. The van der Waals surface area contributed by atoms with Crippen molar-refractivity contribution in [2.24, 2.45) is 0 Å². The molecule has 0 bridgehead atoms. The highest BCUT2D eigenvalue weighted by molar-refractivity contribution is 7.15. The maximum Gasteiger partial charge on any atom is 0.250 e. The molecule has 0 unspecified atom stereocenters. The fourth-order valence-corrected chi connectivity index (χ4v) is 2.55. The normalized spacial score (nSPS) is 10.8. The summed E-state index contributed by atoms with van der Waals surface area (Å²) in [4.78, 5) is 15.9. The van der Waals surface area contributed by atoms with E-state index in [4.69, 9.17) is 16.3 Å². The average Bonchev–Trinajstić information content (AvgIpc) is 2.92. The largest absolute Gasteiger partial charge is 0.435 e. The van der Waals surface area contributed by atoms with Gasteiger partial charge in [0.2, 0.25) is 5.88 Å². The molecule has 0 radical (unpaired) electrons. The number of rotatable bonds is 3. The van der Waals surface area contributed by atoms with Gasteiger partial charge in [0.25, 0.3) is 0 Å². The van der Waals surface area contributed by atoms with Gasteiger partial charge < -0.3 is 4.74 Å². The van der Waals surface area contributed by atoms with Crippen molar-refractivity contribution in [2.75, 3.05) is 0 Å². The van der Waals surface area contributed by atoms with Crippen molar-refractivity contribution in [3.05, 3.63) is 46.3 Å². The molecule has 0 spiro atoms. The van der Waals surface area contributed by atoms with E-state index < -0.39 is 5.82 Å². The minimum Gasteiger partial charge on any atom is -0.435 e. The van der Waals surface area contributed by atoms with Crippen LogP contribution < -0.4 is 4.74 Å². The maximum atomic E-state index is 12.9. The van der Waals surface area contributed by atoms with E-state index in [1.165, 1.54) is 23.5 Å². The Bertz CT molecular complexity index is 768. The minimum absolute atomic E-state index is 0.119. The quantitative estimate of drug-likeness (QED) is 0.691. The molecule has 0 aliphatic heterocycles. The number of hydrogen-bond donors (Lipinski definition) is 0. The van der Waals surface area contributed by atoms with Crippen LogP contribution in [0.15, 0.2) is 29.8 Å². The van der Waals surface area contributed by atoms with Gasteiger partial charge in [-0.3, -0.25) is 9.20 Å². The van der Waals surface area contributed by atoms with Crippen LogP contribution in [0.4, 0.5) is 4.39 Å². The second-order valence-corrected chi connectivity index (χ2v) is 4.93. The summed E-state index contributed by atoms with van der Waals surface area (Å²) in [6, 6.07) is 3.75. The molecule has 2 heterocycles. The third-order valence-electron chi connectivity index (χ3n) is 2.48. The summed E-state index contributed by atoms with van der Waals surface area (Å²) in [6.07, 6.45) is 2.37. The van der Waals surface area contributed by atoms with E-state index in [0.29, 0.717) is 11.2 Å². The molecular formula is C12H6ClFN2O2S. The molecule has 4 nitrogen and oxygen atoms in total. The first kappa shape index (κ1) is 12.1. The number of halogens is 2. The van der Waals surface area contributed by atoms with Gasteiger partial charge in [-0.15, -0.1) is 11.3 Å². The van der Waals surface area contributed by atoms with Crippen molar-refractivity contribution in [1.29, 1.82) is 0 Å². The number of nitrogens with zero attached hydrogens (tertiary/aromatic N) is 2. The number of imidazole rings is 1. The van der Waals surface area contributed by atoms with Crippen molar-refractivity contribution in [3.8, 4) is 11.6 Å². The third kappa shape index (κ3) is 2.09. The Morgan fingerprint density at radius 3 is 3.05 bits per heavy atom. The summed E-state index contributed by atoms with van der Waals surface area (Å²) in [5.74, 6) is -0.0638. The lowest BCUT2D eigenvalue weighted by Crippen LogP contribution is -1.92. The fourth-order valence-electron chi connectivity index (χ4n) is 1.63. The number of fused-ring (bicyclic) bond motifs is 1. The second kappa shape index (κ2) is 4.64. The molecule has 0 amide bonds. The molecule has 2 aromatic heterocycles. The van der Waals surface area contributed by atoms with E-state index in [2.05, 4.69) is 4.98 Å². The van der Waals surface area contributed by atoms with Gasteiger partial charge in [0.05, 0.1) is 5.02 Å². The van der Waals surface area contributed by atoms with Gasteiger partial charge in [-0.1, -0.05) is 11.6 Å². The predicted molar refractivity (Wildman–Crippen MR) is 69.9 cm³/mol. The predicted octanol–water partition coefficient (Wildman–Crippen LogP) is 3.79. The minimum atomic E-state index is -0.459. The van der Waals surface area contributed by atoms with Crippen LogP contribution in [0.1, 0.15) is 10.5 Å². The number of benzene rings is 1. The molecule has 7 heteroatoms. The van der Waals surface area contributed by atoms with Crippen LogP contribution in [0.3, 0.4) is 0 Å². The van der Waals surface area contributed by atoms with E-state index in [-0.39, 0.29) is 22.3 Å². The zero-order valence-corrected chi connectivity index (χ0v) is 10.9. The summed E-state index contributed by atoms with van der Waals surface area (Å²) < 4.78 is 20.0. The number of thiazole rings is 1. The van der Waals surface area contributed by atoms with Crippen LogP contribution in [0.5, 0.6) is 11.6 Å². The Balaban J connectivity index is 2.05. The Morgan fingerprint density at radius 1 is 1.47 bits per heavy atom. The average molecular weight is 297 g/mol. The van der Waals surface area contributed by atoms with Gasteiger partial charge in [-0.2, -0.15) is 4.98 Å². The molecule has 0 aliphatic rings. The standard InChI is InChI=1S/C12H6ClFN2O2S/c13-8-5-7(14)1-2-10(8)18-11-9(6-17)16-3-4-19-12(16)15-11/h1-6H. The first-order chi connectivity index (χ1) is 9.19. The molecule has 0 N–H and O–H groups in total.